The van der Waals surface area contributed by atoms with Crippen LogP contribution in [-0.4, -0.2) is 45.5 Å². The summed E-state index contributed by atoms with van der Waals surface area (Å²) in [6.45, 7) is 3.59. The van der Waals surface area contributed by atoms with Crippen molar-refractivity contribution in [3.05, 3.63) is 49.2 Å². The Bertz CT molecular complexity index is 958. The Morgan fingerprint density at radius 1 is 1.15 bits per heavy atom. The summed E-state index contributed by atoms with van der Waals surface area (Å²) in [5, 5.41) is 15.7. The molecule has 4 aromatic rings. The van der Waals surface area contributed by atoms with Gasteiger partial charge >= 0.3 is 0 Å². The lowest BCUT2D eigenvalue weighted by Gasteiger charge is -2.10. The van der Waals surface area contributed by atoms with Crippen LogP contribution in [0.1, 0.15) is 6.92 Å². The number of nitrogens with zero attached hydrogens (tertiary/aromatic N) is 7. The number of imidazole rings is 1. The van der Waals surface area contributed by atoms with Gasteiger partial charge in [-0.2, -0.15) is 15.4 Å². The maximum Gasteiger partial charge on any atom is 0.177 e. The first kappa shape index (κ1) is 16.5. The molecule has 0 fully saturated rings. The lowest BCUT2D eigenvalue weighted by atomic mass is 10.1. The van der Waals surface area contributed by atoms with E-state index in [0.717, 1.165) is 46.6 Å². The zero-order valence-electron chi connectivity index (χ0n) is 14.3. The maximum atomic E-state index is 4.67. The summed E-state index contributed by atoms with van der Waals surface area (Å²) in [5.74, 6) is 1.68. The van der Waals surface area contributed by atoms with E-state index in [1.54, 1.807) is 24.3 Å². The third-order valence-corrected chi connectivity index (χ3v) is 4.87. The monoisotopic (exact) mass is 366 g/mol. The molecule has 0 aliphatic rings. The van der Waals surface area contributed by atoms with Crippen LogP contribution in [0.15, 0.2) is 54.2 Å². The first-order valence-corrected chi connectivity index (χ1v) is 9.32. The second kappa shape index (κ2) is 7.52. The van der Waals surface area contributed by atoms with Gasteiger partial charge in [0, 0.05) is 24.4 Å². The fraction of sp³-hybridized carbons (Fsp3) is 0.235. The van der Waals surface area contributed by atoms with E-state index >= 15 is 0 Å². The van der Waals surface area contributed by atoms with Gasteiger partial charge in [-0.1, -0.05) is 30.3 Å². The predicted molar refractivity (Wildman–Crippen MR) is 99.5 cm³/mol. The van der Waals surface area contributed by atoms with E-state index in [9.17, 15) is 0 Å². The summed E-state index contributed by atoms with van der Waals surface area (Å²) in [6, 6.07) is 10.2. The van der Waals surface area contributed by atoms with Crippen molar-refractivity contribution in [3.63, 3.8) is 0 Å². The SMILES string of the molecule is CCn1ncnc1-c1c(-c2ccccc2)ncn1CCSc1cn[nH]n1. The Morgan fingerprint density at radius 3 is 2.81 bits per heavy atom. The zero-order valence-corrected chi connectivity index (χ0v) is 15.1. The van der Waals surface area contributed by atoms with Gasteiger partial charge in [0.2, 0.25) is 0 Å². The minimum Gasteiger partial charge on any atom is -0.327 e. The van der Waals surface area contributed by atoms with Crippen LogP contribution in [0.2, 0.25) is 0 Å². The average Bonchev–Trinajstić information content (AvgIpc) is 3.42. The smallest absolute Gasteiger partial charge is 0.177 e. The minimum atomic E-state index is 0.752. The van der Waals surface area contributed by atoms with E-state index in [1.807, 2.05) is 29.2 Å². The van der Waals surface area contributed by atoms with E-state index in [-0.39, 0.29) is 0 Å². The first-order valence-electron chi connectivity index (χ1n) is 8.34. The van der Waals surface area contributed by atoms with Gasteiger partial charge in [0.15, 0.2) is 5.82 Å². The van der Waals surface area contributed by atoms with Crippen LogP contribution >= 0.6 is 11.8 Å². The predicted octanol–water partition coefficient (Wildman–Crippen LogP) is 2.74. The van der Waals surface area contributed by atoms with Crippen molar-refractivity contribution in [2.24, 2.45) is 0 Å². The molecule has 0 atom stereocenters. The number of hydrogen-bond donors (Lipinski definition) is 1. The Hall–Kier alpha value is -2.94. The highest BCUT2D eigenvalue weighted by molar-refractivity contribution is 7.99. The van der Waals surface area contributed by atoms with E-state index in [2.05, 4.69) is 54.1 Å². The number of aromatic amines is 1. The van der Waals surface area contributed by atoms with Crippen LogP contribution < -0.4 is 0 Å². The molecule has 1 aromatic carbocycles. The fourth-order valence-corrected chi connectivity index (χ4v) is 3.51. The Balaban J connectivity index is 1.68. The fourth-order valence-electron chi connectivity index (χ4n) is 2.78. The van der Waals surface area contributed by atoms with Crippen LogP contribution in [-0.2, 0) is 13.1 Å². The lowest BCUT2D eigenvalue weighted by Crippen LogP contribution is -2.07. The van der Waals surface area contributed by atoms with Gasteiger partial charge < -0.3 is 4.57 Å². The van der Waals surface area contributed by atoms with Gasteiger partial charge in [0.05, 0.1) is 18.2 Å². The summed E-state index contributed by atoms with van der Waals surface area (Å²) in [5.41, 5.74) is 2.96. The molecule has 0 saturated heterocycles. The largest absolute Gasteiger partial charge is 0.327 e. The molecule has 9 heteroatoms. The van der Waals surface area contributed by atoms with Gasteiger partial charge in [-0.05, 0) is 6.92 Å². The molecule has 0 unspecified atom stereocenters. The van der Waals surface area contributed by atoms with Crippen LogP contribution in [0.5, 0.6) is 0 Å². The minimum absolute atomic E-state index is 0.752. The number of benzene rings is 1. The highest BCUT2D eigenvalue weighted by Gasteiger charge is 2.19. The molecule has 132 valence electrons. The van der Waals surface area contributed by atoms with Gasteiger partial charge in [0.25, 0.3) is 0 Å². The van der Waals surface area contributed by atoms with Crippen molar-refractivity contribution in [3.8, 4) is 22.8 Å². The maximum absolute atomic E-state index is 4.67. The summed E-state index contributed by atoms with van der Waals surface area (Å²) >= 11 is 1.65. The molecule has 3 heterocycles. The number of thioether (sulfide) groups is 1. The summed E-state index contributed by atoms with van der Waals surface area (Å²) in [7, 11) is 0. The molecule has 3 aromatic heterocycles. The molecule has 0 bridgehead atoms. The van der Waals surface area contributed by atoms with Crippen LogP contribution in [0.25, 0.3) is 22.8 Å². The van der Waals surface area contributed by atoms with Crippen molar-refractivity contribution >= 4 is 11.8 Å². The molecule has 1 N–H and O–H groups in total. The van der Waals surface area contributed by atoms with Gasteiger partial charge in [0.1, 0.15) is 17.0 Å². The Morgan fingerprint density at radius 2 is 2.04 bits per heavy atom. The molecule has 0 aliphatic heterocycles. The van der Waals surface area contributed by atoms with Crippen molar-refractivity contribution in [2.75, 3.05) is 5.75 Å². The van der Waals surface area contributed by atoms with E-state index in [0.29, 0.717) is 0 Å². The highest BCUT2D eigenvalue weighted by atomic mass is 32.2. The van der Waals surface area contributed by atoms with Crippen LogP contribution in [0.3, 0.4) is 0 Å². The van der Waals surface area contributed by atoms with Gasteiger partial charge in [-0.3, -0.25) is 0 Å². The molecular formula is C17H18N8S. The number of H-pyrrole nitrogens is 1. The molecule has 8 nitrogen and oxygen atoms in total. The topological polar surface area (TPSA) is 90.1 Å². The van der Waals surface area contributed by atoms with Crippen LogP contribution in [0.4, 0.5) is 0 Å². The normalized spacial score (nSPS) is 11.1. The Kier molecular flexibility index (Phi) is 4.78. The molecule has 4 rings (SSSR count). The summed E-state index contributed by atoms with van der Waals surface area (Å²) in [4.78, 5) is 9.16. The van der Waals surface area contributed by atoms with Crippen molar-refractivity contribution in [1.29, 1.82) is 0 Å². The third-order valence-electron chi connectivity index (χ3n) is 3.99. The average molecular weight is 366 g/mol. The standard InChI is InChI=1S/C17H18N8S/c1-2-25-17(18-11-21-25)16-15(13-6-4-3-5-7-13)19-12-24(16)8-9-26-14-10-20-23-22-14/h3-7,10-12H,2,8-9H2,1H3,(H,20,22,23). The van der Waals surface area contributed by atoms with Gasteiger partial charge in [-0.15, -0.1) is 16.9 Å². The number of rotatable bonds is 7. The van der Waals surface area contributed by atoms with E-state index < -0.39 is 0 Å². The van der Waals surface area contributed by atoms with Crippen molar-refractivity contribution in [1.82, 2.24) is 39.7 Å². The number of aromatic nitrogens is 8. The van der Waals surface area contributed by atoms with E-state index in [4.69, 9.17) is 0 Å². The number of aryl methyl sites for hydroxylation is 2. The number of nitrogens with one attached hydrogen (secondary N) is 1. The molecular weight excluding hydrogens is 348 g/mol. The molecule has 0 amide bonds. The first-order chi connectivity index (χ1) is 12.9. The van der Waals surface area contributed by atoms with Crippen molar-refractivity contribution in [2.45, 2.75) is 25.0 Å². The lowest BCUT2D eigenvalue weighted by molar-refractivity contribution is 0.657. The quantitative estimate of drug-likeness (QED) is 0.506. The molecule has 0 aliphatic carbocycles. The zero-order chi connectivity index (χ0) is 17.8. The van der Waals surface area contributed by atoms with Crippen molar-refractivity contribution < 1.29 is 0 Å². The Labute approximate surface area is 154 Å². The summed E-state index contributed by atoms with van der Waals surface area (Å²) in [6.07, 6.45) is 5.19. The third kappa shape index (κ3) is 3.25. The number of hydrogen-bond acceptors (Lipinski definition) is 6. The summed E-state index contributed by atoms with van der Waals surface area (Å²) < 4.78 is 4.02. The molecule has 0 saturated carbocycles. The molecule has 0 spiro atoms. The van der Waals surface area contributed by atoms with Gasteiger partial charge in [-0.25, -0.2) is 14.6 Å². The second-order valence-electron chi connectivity index (χ2n) is 5.56. The highest BCUT2D eigenvalue weighted by Crippen LogP contribution is 2.30. The van der Waals surface area contributed by atoms with E-state index in [1.165, 1.54) is 0 Å². The molecule has 0 radical (unpaired) electrons. The van der Waals surface area contributed by atoms with Crippen LogP contribution in [0, 0.1) is 0 Å². The molecule has 26 heavy (non-hydrogen) atoms. The second-order valence-corrected chi connectivity index (χ2v) is 6.67.